The normalized spacial score (nSPS) is 11.0. The van der Waals surface area contributed by atoms with Crippen molar-refractivity contribution in [3.8, 4) is 0 Å². The molecule has 0 radical (unpaired) electrons. The lowest BCUT2D eigenvalue weighted by atomic mass is 10.3. The number of pyridine rings is 1. The van der Waals surface area contributed by atoms with Gasteiger partial charge in [0, 0.05) is 19.3 Å². The van der Waals surface area contributed by atoms with Crippen LogP contribution in [0.25, 0.3) is 5.65 Å². The summed E-state index contributed by atoms with van der Waals surface area (Å²) in [6.45, 7) is 5.45. The van der Waals surface area contributed by atoms with Crippen molar-refractivity contribution in [1.29, 1.82) is 0 Å². The number of fused-ring (bicyclic) bond motifs is 1. The van der Waals surface area contributed by atoms with Crippen LogP contribution in [0.15, 0.2) is 18.3 Å². The summed E-state index contributed by atoms with van der Waals surface area (Å²) in [5.41, 5.74) is 1.11. The highest BCUT2D eigenvalue weighted by atomic mass is 16.5. The van der Waals surface area contributed by atoms with Crippen LogP contribution >= 0.6 is 0 Å². The maximum absolute atomic E-state index is 11.4. The molecule has 0 unspecified atom stereocenters. The maximum Gasteiger partial charge on any atom is 0.339 e. The number of ether oxygens (including phenoxy) is 2. The minimum Gasteiger partial charge on any atom is -0.465 e. The zero-order chi connectivity index (χ0) is 15.2. The van der Waals surface area contributed by atoms with Gasteiger partial charge in [0.05, 0.1) is 18.8 Å². The molecule has 2 aromatic heterocycles. The molecule has 7 nitrogen and oxygen atoms in total. The molecular weight excluding hydrogens is 272 g/mol. The SMILES string of the molecule is COC(=O)c1ccc2nc(NCCCOC(C)C)nn2c1. The Hall–Kier alpha value is -2.15. The van der Waals surface area contributed by atoms with Gasteiger partial charge in [-0.05, 0) is 32.4 Å². The number of esters is 1. The first kappa shape index (κ1) is 15.2. The standard InChI is InChI=1S/C14H20N4O3/c1-10(2)21-8-4-7-15-14-16-12-6-5-11(13(19)20-3)9-18(12)17-14/h5-6,9-10H,4,7-8H2,1-3H3,(H,15,17). The fraction of sp³-hybridized carbons (Fsp3) is 0.500. The predicted molar refractivity (Wildman–Crippen MR) is 78.5 cm³/mol. The van der Waals surface area contributed by atoms with E-state index in [0.717, 1.165) is 13.0 Å². The molecule has 21 heavy (non-hydrogen) atoms. The average molecular weight is 292 g/mol. The van der Waals surface area contributed by atoms with Gasteiger partial charge in [0.2, 0.25) is 5.95 Å². The number of rotatable bonds is 7. The Balaban J connectivity index is 1.94. The van der Waals surface area contributed by atoms with E-state index in [2.05, 4.69) is 20.1 Å². The number of anilines is 1. The van der Waals surface area contributed by atoms with E-state index in [1.54, 1.807) is 22.8 Å². The van der Waals surface area contributed by atoms with E-state index in [4.69, 9.17) is 4.74 Å². The minimum atomic E-state index is -0.396. The molecule has 0 saturated heterocycles. The molecule has 0 spiro atoms. The largest absolute Gasteiger partial charge is 0.465 e. The molecule has 0 aliphatic carbocycles. The number of methoxy groups -OCH3 is 1. The third kappa shape index (κ3) is 4.16. The number of aromatic nitrogens is 3. The first-order valence-electron chi connectivity index (χ1n) is 6.90. The Kier molecular flexibility index (Phi) is 5.10. The Bertz CT molecular complexity index is 609. The lowest BCUT2D eigenvalue weighted by Crippen LogP contribution is -2.10. The molecule has 1 N–H and O–H groups in total. The van der Waals surface area contributed by atoms with Crippen LogP contribution in [-0.2, 0) is 9.47 Å². The second kappa shape index (κ2) is 7.03. The monoisotopic (exact) mass is 292 g/mol. The van der Waals surface area contributed by atoms with E-state index in [-0.39, 0.29) is 6.10 Å². The summed E-state index contributed by atoms with van der Waals surface area (Å²) in [4.78, 5) is 15.8. The molecule has 2 aromatic rings. The van der Waals surface area contributed by atoms with Gasteiger partial charge in [0.25, 0.3) is 0 Å². The first-order chi connectivity index (χ1) is 10.1. The van der Waals surface area contributed by atoms with Crippen LogP contribution in [0.4, 0.5) is 5.95 Å². The van der Waals surface area contributed by atoms with E-state index in [0.29, 0.717) is 23.8 Å². The second-order valence-electron chi connectivity index (χ2n) is 4.85. The summed E-state index contributed by atoms with van der Waals surface area (Å²) in [5.74, 6) is 0.134. The predicted octanol–water partition coefficient (Wildman–Crippen LogP) is 1.74. The van der Waals surface area contributed by atoms with Crippen molar-refractivity contribution >= 4 is 17.6 Å². The molecule has 0 atom stereocenters. The third-order valence-corrected chi connectivity index (χ3v) is 2.81. The van der Waals surface area contributed by atoms with Gasteiger partial charge in [-0.1, -0.05) is 0 Å². The van der Waals surface area contributed by atoms with E-state index >= 15 is 0 Å². The Morgan fingerprint density at radius 2 is 2.24 bits per heavy atom. The van der Waals surface area contributed by atoms with E-state index < -0.39 is 5.97 Å². The lowest BCUT2D eigenvalue weighted by molar-refractivity contribution is 0.0600. The third-order valence-electron chi connectivity index (χ3n) is 2.81. The van der Waals surface area contributed by atoms with Crippen molar-refractivity contribution < 1.29 is 14.3 Å². The van der Waals surface area contributed by atoms with Gasteiger partial charge in [-0.2, -0.15) is 4.98 Å². The van der Waals surface area contributed by atoms with E-state index in [9.17, 15) is 4.79 Å². The molecule has 7 heteroatoms. The summed E-state index contributed by atoms with van der Waals surface area (Å²) >= 11 is 0. The average Bonchev–Trinajstić information content (AvgIpc) is 2.87. The fourth-order valence-electron chi connectivity index (χ4n) is 1.79. The number of hydrogen-bond acceptors (Lipinski definition) is 6. The molecule has 0 amide bonds. The van der Waals surface area contributed by atoms with Crippen LogP contribution in [0.2, 0.25) is 0 Å². The molecule has 0 aliphatic rings. The highest BCUT2D eigenvalue weighted by Crippen LogP contribution is 2.08. The zero-order valence-corrected chi connectivity index (χ0v) is 12.5. The van der Waals surface area contributed by atoms with Crippen LogP contribution in [0.5, 0.6) is 0 Å². The number of nitrogens with zero attached hydrogens (tertiary/aromatic N) is 3. The summed E-state index contributed by atoms with van der Waals surface area (Å²) in [6.07, 6.45) is 2.72. The molecule has 2 rings (SSSR count). The van der Waals surface area contributed by atoms with Gasteiger partial charge in [0.1, 0.15) is 0 Å². The van der Waals surface area contributed by atoms with Gasteiger partial charge >= 0.3 is 5.97 Å². The molecule has 2 heterocycles. The van der Waals surface area contributed by atoms with E-state index in [1.807, 2.05) is 13.8 Å². The quantitative estimate of drug-likeness (QED) is 0.618. The van der Waals surface area contributed by atoms with Gasteiger partial charge in [-0.3, -0.25) is 0 Å². The zero-order valence-electron chi connectivity index (χ0n) is 12.5. The van der Waals surface area contributed by atoms with Gasteiger partial charge in [-0.15, -0.1) is 5.10 Å². The van der Waals surface area contributed by atoms with Crippen LogP contribution in [0.3, 0.4) is 0 Å². The summed E-state index contributed by atoms with van der Waals surface area (Å²) in [5, 5.41) is 7.40. The molecular formula is C14H20N4O3. The molecule has 0 aliphatic heterocycles. The Morgan fingerprint density at radius 3 is 2.95 bits per heavy atom. The number of carbonyl (C=O) groups excluding carboxylic acids is 1. The molecule has 0 bridgehead atoms. The second-order valence-corrected chi connectivity index (χ2v) is 4.85. The highest BCUT2D eigenvalue weighted by molar-refractivity contribution is 5.89. The fourth-order valence-corrected chi connectivity index (χ4v) is 1.79. The van der Waals surface area contributed by atoms with E-state index in [1.165, 1.54) is 7.11 Å². The smallest absolute Gasteiger partial charge is 0.339 e. The highest BCUT2D eigenvalue weighted by Gasteiger charge is 2.08. The van der Waals surface area contributed by atoms with Crippen LogP contribution in [0.1, 0.15) is 30.6 Å². The van der Waals surface area contributed by atoms with Crippen LogP contribution in [-0.4, -0.2) is 46.9 Å². The van der Waals surface area contributed by atoms with Crippen molar-refractivity contribution in [1.82, 2.24) is 14.6 Å². The van der Waals surface area contributed by atoms with Crippen molar-refractivity contribution in [2.45, 2.75) is 26.4 Å². The lowest BCUT2D eigenvalue weighted by Gasteiger charge is -2.06. The summed E-state index contributed by atoms with van der Waals surface area (Å²) in [6, 6.07) is 3.39. The van der Waals surface area contributed by atoms with Crippen molar-refractivity contribution in [2.24, 2.45) is 0 Å². The molecule has 0 fully saturated rings. The number of hydrogen-bond donors (Lipinski definition) is 1. The van der Waals surface area contributed by atoms with Crippen molar-refractivity contribution in [2.75, 3.05) is 25.6 Å². The first-order valence-corrected chi connectivity index (χ1v) is 6.90. The number of nitrogens with one attached hydrogen (secondary N) is 1. The van der Waals surface area contributed by atoms with Gasteiger partial charge in [-0.25, -0.2) is 9.31 Å². The minimum absolute atomic E-state index is 0.245. The molecule has 0 aromatic carbocycles. The Labute approximate surface area is 123 Å². The van der Waals surface area contributed by atoms with Gasteiger partial charge < -0.3 is 14.8 Å². The van der Waals surface area contributed by atoms with Crippen LogP contribution < -0.4 is 5.32 Å². The topological polar surface area (TPSA) is 77.8 Å². The van der Waals surface area contributed by atoms with Crippen LogP contribution in [0, 0.1) is 0 Å². The summed E-state index contributed by atoms with van der Waals surface area (Å²) in [7, 11) is 1.35. The van der Waals surface area contributed by atoms with Crippen molar-refractivity contribution in [3.63, 3.8) is 0 Å². The molecule has 114 valence electrons. The summed E-state index contributed by atoms with van der Waals surface area (Å²) < 4.78 is 11.7. The maximum atomic E-state index is 11.4. The number of carbonyl (C=O) groups is 1. The van der Waals surface area contributed by atoms with Crippen molar-refractivity contribution in [3.05, 3.63) is 23.9 Å². The van der Waals surface area contributed by atoms with Gasteiger partial charge in [0.15, 0.2) is 5.65 Å². The molecule has 0 saturated carbocycles. The Morgan fingerprint density at radius 1 is 1.43 bits per heavy atom.